The molecular weight excluding hydrogens is 218 g/mol. The Morgan fingerprint density at radius 2 is 2.19 bits per heavy atom. The van der Waals surface area contributed by atoms with Crippen LogP contribution in [0.1, 0.15) is 26.2 Å². The van der Waals surface area contributed by atoms with Crippen molar-refractivity contribution >= 4 is 11.8 Å². The first-order valence-corrected chi connectivity index (χ1v) is 7.53. The molecule has 0 aromatic heterocycles. The maximum Gasteiger partial charge on any atom is 0.0925 e. The number of thioether (sulfide) groups is 1. The van der Waals surface area contributed by atoms with Crippen LogP contribution < -0.4 is 0 Å². The molecule has 2 atom stereocenters. The summed E-state index contributed by atoms with van der Waals surface area (Å²) in [6.45, 7) is 7.01. The zero-order valence-electron chi connectivity index (χ0n) is 10.1. The van der Waals surface area contributed by atoms with E-state index in [4.69, 9.17) is 4.74 Å². The molecule has 2 nitrogen and oxygen atoms in total. The fourth-order valence-electron chi connectivity index (χ4n) is 3.12. The minimum atomic E-state index is 0.409. The lowest BCUT2D eigenvalue weighted by molar-refractivity contribution is 0.0422. The third-order valence-electron chi connectivity index (χ3n) is 3.98. The Bertz CT molecular complexity index is 296. The van der Waals surface area contributed by atoms with Crippen LogP contribution in [0.3, 0.4) is 0 Å². The molecule has 1 saturated heterocycles. The molecule has 0 amide bonds. The van der Waals surface area contributed by atoms with Crippen LogP contribution in [0.4, 0.5) is 0 Å². The van der Waals surface area contributed by atoms with E-state index in [9.17, 15) is 0 Å². The molecule has 0 spiro atoms. The van der Waals surface area contributed by atoms with Crippen LogP contribution >= 0.6 is 11.8 Å². The standard InChI is InChI=1S/C13H21NOS/c1-10-9-16-12-4-7-15-11(13(10)12)8-14-5-2-3-6-14/h10-11H,2-9H2,1H3/t10?,11-/m1/s1. The number of hydrogen-bond donors (Lipinski definition) is 0. The van der Waals surface area contributed by atoms with E-state index in [0.29, 0.717) is 6.10 Å². The normalized spacial score (nSPS) is 35.8. The Hall–Kier alpha value is 0.01000. The van der Waals surface area contributed by atoms with Crippen molar-refractivity contribution in [1.29, 1.82) is 0 Å². The molecule has 0 aromatic rings. The summed E-state index contributed by atoms with van der Waals surface area (Å²) in [4.78, 5) is 4.24. The van der Waals surface area contributed by atoms with Crippen LogP contribution in [-0.2, 0) is 4.74 Å². The summed E-state index contributed by atoms with van der Waals surface area (Å²) in [5.41, 5.74) is 1.64. The Morgan fingerprint density at radius 3 is 3.00 bits per heavy atom. The molecule has 1 unspecified atom stereocenters. The molecule has 0 aliphatic carbocycles. The summed E-state index contributed by atoms with van der Waals surface area (Å²) in [6, 6.07) is 0. The van der Waals surface area contributed by atoms with Gasteiger partial charge in [0.25, 0.3) is 0 Å². The van der Waals surface area contributed by atoms with Crippen molar-refractivity contribution in [3.8, 4) is 0 Å². The van der Waals surface area contributed by atoms with Crippen molar-refractivity contribution in [1.82, 2.24) is 4.90 Å². The summed E-state index contributed by atoms with van der Waals surface area (Å²) in [6.07, 6.45) is 4.33. The first kappa shape index (κ1) is 11.1. The Labute approximate surface area is 102 Å². The molecule has 0 saturated carbocycles. The highest BCUT2D eigenvalue weighted by atomic mass is 32.2. The van der Waals surface area contributed by atoms with E-state index in [0.717, 1.165) is 19.1 Å². The molecule has 90 valence electrons. The van der Waals surface area contributed by atoms with Crippen LogP contribution in [0.2, 0.25) is 0 Å². The Morgan fingerprint density at radius 1 is 1.38 bits per heavy atom. The van der Waals surface area contributed by atoms with Crippen molar-refractivity contribution in [2.24, 2.45) is 5.92 Å². The number of likely N-dealkylation sites (tertiary alicyclic amines) is 1. The molecule has 16 heavy (non-hydrogen) atoms. The van der Waals surface area contributed by atoms with E-state index in [-0.39, 0.29) is 0 Å². The van der Waals surface area contributed by atoms with E-state index in [2.05, 4.69) is 23.6 Å². The third-order valence-corrected chi connectivity index (χ3v) is 5.43. The molecule has 1 fully saturated rings. The molecule has 0 aromatic carbocycles. The highest BCUT2D eigenvalue weighted by molar-refractivity contribution is 8.03. The summed E-state index contributed by atoms with van der Waals surface area (Å²) in [5.74, 6) is 2.03. The monoisotopic (exact) mass is 239 g/mol. The predicted octanol–water partition coefficient (Wildman–Crippen LogP) is 2.51. The maximum atomic E-state index is 6.01. The fourth-order valence-corrected chi connectivity index (χ4v) is 4.48. The van der Waals surface area contributed by atoms with Gasteiger partial charge in [0.05, 0.1) is 12.7 Å². The van der Waals surface area contributed by atoms with Gasteiger partial charge in [0.1, 0.15) is 0 Å². The average molecular weight is 239 g/mol. The largest absolute Gasteiger partial charge is 0.372 e. The highest BCUT2D eigenvalue weighted by Crippen LogP contribution is 2.42. The van der Waals surface area contributed by atoms with Gasteiger partial charge in [0, 0.05) is 18.7 Å². The van der Waals surface area contributed by atoms with Gasteiger partial charge in [0.2, 0.25) is 0 Å². The van der Waals surface area contributed by atoms with E-state index in [1.54, 1.807) is 10.5 Å². The molecule has 3 heteroatoms. The second kappa shape index (κ2) is 4.71. The lowest BCUT2D eigenvalue weighted by Crippen LogP contribution is -2.36. The smallest absolute Gasteiger partial charge is 0.0925 e. The van der Waals surface area contributed by atoms with E-state index in [1.807, 2.05) is 0 Å². The van der Waals surface area contributed by atoms with Crippen LogP contribution in [0.25, 0.3) is 0 Å². The number of hydrogen-bond acceptors (Lipinski definition) is 3. The van der Waals surface area contributed by atoms with E-state index in [1.165, 1.54) is 38.1 Å². The molecule has 3 heterocycles. The fraction of sp³-hybridized carbons (Fsp3) is 0.846. The van der Waals surface area contributed by atoms with Crippen LogP contribution in [0, 0.1) is 5.92 Å². The average Bonchev–Trinajstić information content (AvgIpc) is 2.90. The van der Waals surface area contributed by atoms with Crippen molar-refractivity contribution in [3.05, 3.63) is 10.5 Å². The molecular formula is C13H21NOS. The van der Waals surface area contributed by atoms with Gasteiger partial charge in [-0.2, -0.15) is 0 Å². The molecule has 3 rings (SSSR count). The molecule has 0 bridgehead atoms. The Kier molecular flexibility index (Phi) is 3.27. The SMILES string of the molecule is CC1CSC2=C1[C@@H](CN1CCCC1)OCC2. The van der Waals surface area contributed by atoms with E-state index < -0.39 is 0 Å². The third kappa shape index (κ3) is 2.05. The topological polar surface area (TPSA) is 12.5 Å². The van der Waals surface area contributed by atoms with Gasteiger partial charge in [-0.3, -0.25) is 0 Å². The second-order valence-electron chi connectivity index (χ2n) is 5.21. The summed E-state index contributed by atoms with van der Waals surface area (Å²) < 4.78 is 6.01. The van der Waals surface area contributed by atoms with Gasteiger partial charge >= 0.3 is 0 Å². The lowest BCUT2D eigenvalue weighted by atomic mass is 9.94. The quantitative estimate of drug-likeness (QED) is 0.734. The minimum Gasteiger partial charge on any atom is -0.372 e. The van der Waals surface area contributed by atoms with Gasteiger partial charge in [0.15, 0.2) is 0 Å². The van der Waals surface area contributed by atoms with Crippen molar-refractivity contribution in [2.45, 2.75) is 32.3 Å². The maximum absolute atomic E-state index is 6.01. The first-order valence-electron chi connectivity index (χ1n) is 6.54. The van der Waals surface area contributed by atoms with Crippen molar-refractivity contribution in [2.75, 3.05) is 32.0 Å². The zero-order valence-corrected chi connectivity index (χ0v) is 10.9. The van der Waals surface area contributed by atoms with Crippen LogP contribution in [-0.4, -0.2) is 43.0 Å². The van der Waals surface area contributed by atoms with Gasteiger partial charge in [-0.1, -0.05) is 6.92 Å². The molecule has 0 N–H and O–H groups in total. The first-order chi connectivity index (χ1) is 7.84. The molecule has 3 aliphatic heterocycles. The van der Waals surface area contributed by atoms with Crippen molar-refractivity contribution in [3.63, 3.8) is 0 Å². The zero-order chi connectivity index (χ0) is 11.0. The summed E-state index contributed by atoms with van der Waals surface area (Å²) >= 11 is 2.08. The van der Waals surface area contributed by atoms with E-state index >= 15 is 0 Å². The van der Waals surface area contributed by atoms with Crippen molar-refractivity contribution < 1.29 is 4.74 Å². The van der Waals surface area contributed by atoms with Gasteiger partial charge in [-0.15, -0.1) is 11.8 Å². The number of nitrogens with zero attached hydrogens (tertiary/aromatic N) is 1. The highest BCUT2D eigenvalue weighted by Gasteiger charge is 2.33. The van der Waals surface area contributed by atoms with Crippen LogP contribution in [0.5, 0.6) is 0 Å². The minimum absolute atomic E-state index is 0.409. The second-order valence-corrected chi connectivity index (χ2v) is 6.32. The lowest BCUT2D eigenvalue weighted by Gasteiger charge is -2.30. The van der Waals surface area contributed by atoms with Gasteiger partial charge in [-0.25, -0.2) is 0 Å². The number of rotatable bonds is 2. The van der Waals surface area contributed by atoms with Gasteiger partial charge < -0.3 is 9.64 Å². The molecule has 3 aliphatic rings. The predicted molar refractivity (Wildman–Crippen MR) is 68.7 cm³/mol. The Balaban J connectivity index is 1.71. The van der Waals surface area contributed by atoms with Gasteiger partial charge in [-0.05, 0) is 42.3 Å². The molecule has 0 radical (unpaired) electrons. The summed E-state index contributed by atoms with van der Waals surface area (Å²) in [7, 11) is 0. The number of ether oxygens (including phenoxy) is 1. The summed E-state index contributed by atoms with van der Waals surface area (Å²) in [5, 5.41) is 0. The van der Waals surface area contributed by atoms with Crippen LogP contribution in [0.15, 0.2) is 10.5 Å².